The molecule has 1 N–H and O–H groups in total. The van der Waals surface area contributed by atoms with Gasteiger partial charge in [-0.05, 0) is 41.5 Å². The summed E-state index contributed by atoms with van der Waals surface area (Å²) in [7, 11) is 0. The van der Waals surface area contributed by atoms with Crippen LogP contribution in [-0.4, -0.2) is 10.9 Å². The van der Waals surface area contributed by atoms with Gasteiger partial charge in [-0.25, -0.2) is 0 Å². The first kappa shape index (κ1) is 18.1. The molecule has 134 valence electrons. The van der Waals surface area contributed by atoms with Crippen molar-refractivity contribution in [1.82, 2.24) is 4.98 Å². The Morgan fingerprint density at radius 2 is 1.81 bits per heavy atom. The van der Waals surface area contributed by atoms with Gasteiger partial charge in [0.15, 0.2) is 0 Å². The number of carbonyl (C=O) groups is 1. The second-order valence-corrected chi connectivity index (χ2v) is 7.40. The zero-order valence-electron chi connectivity index (χ0n) is 15.8. The first-order valence-electron chi connectivity index (χ1n) is 9.22. The molecule has 1 aromatic heterocycles. The van der Waals surface area contributed by atoms with Crippen LogP contribution in [0.15, 0.2) is 60.8 Å². The number of benzene rings is 2. The van der Waals surface area contributed by atoms with Crippen molar-refractivity contribution in [2.24, 2.45) is 0 Å². The van der Waals surface area contributed by atoms with Gasteiger partial charge in [-0.1, -0.05) is 63.2 Å². The number of nitrogens with one attached hydrogen (secondary N) is 1. The average molecular weight is 346 g/mol. The molecule has 0 aliphatic heterocycles. The summed E-state index contributed by atoms with van der Waals surface area (Å²) in [5.41, 5.74) is 4.40. The van der Waals surface area contributed by atoms with Gasteiger partial charge < -0.3 is 5.32 Å². The Labute approximate surface area is 155 Å². The Morgan fingerprint density at radius 3 is 2.54 bits per heavy atom. The number of amides is 1. The smallest absolute Gasteiger partial charge is 0.224 e. The van der Waals surface area contributed by atoms with Gasteiger partial charge in [0.2, 0.25) is 5.91 Å². The van der Waals surface area contributed by atoms with Crippen LogP contribution < -0.4 is 5.32 Å². The van der Waals surface area contributed by atoms with E-state index in [1.54, 1.807) is 6.20 Å². The molecule has 3 nitrogen and oxygen atoms in total. The van der Waals surface area contributed by atoms with Crippen LogP contribution in [-0.2, 0) is 16.6 Å². The van der Waals surface area contributed by atoms with E-state index in [2.05, 4.69) is 55.3 Å². The van der Waals surface area contributed by atoms with E-state index in [0.717, 1.165) is 29.4 Å². The van der Waals surface area contributed by atoms with Crippen molar-refractivity contribution < 1.29 is 4.79 Å². The van der Waals surface area contributed by atoms with Gasteiger partial charge in [0.25, 0.3) is 0 Å². The Balaban J connectivity index is 1.58. The lowest BCUT2D eigenvalue weighted by Crippen LogP contribution is -2.15. The molecule has 0 radical (unpaired) electrons. The van der Waals surface area contributed by atoms with Gasteiger partial charge in [0.05, 0.1) is 17.4 Å². The van der Waals surface area contributed by atoms with E-state index in [1.165, 1.54) is 11.1 Å². The van der Waals surface area contributed by atoms with Gasteiger partial charge in [0, 0.05) is 11.8 Å². The van der Waals surface area contributed by atoms with E-state index in [-0.39, 0.29) is 11.3 Å². The molecule has 26 heavy (non-hydrogen) atoms. The number of fused-ring (bicyclic) bond motifs is 1. The molecule has 0 aliphatic carbocycles. The number of anilines is 1. The molecule has 3 rings (SSSR count). The van der Waals surface area contributed by atoms with Crippen LogP contribution in [0.4, 0.5) is 5.69 Å². The molecule has 1 amide bonds. The summed E-state index contributed by atoms with van der Waals surface area (Å²) >= 11 is 0. The third-order valence-corrected chi connectivity index (χ3v) is 5.13. The fourth-order valence-corrected chi connectivity index (χ4v) is 2.95. The van der Waals surface area contributed by atoms with Crippen LogP contribution in [0.2, 0.25) is 0 Å². The van der Waals surface area contributed by atoms with Crippen LogP contribution in [0.5, 0.6) is 0 Å². The summed E-state index contributed by atoms with van der Waals surface area (Å²) in [6.45, 7) is 6.72. The first-order valence-corrected chi connectivity index (χ1v) is 9.22. The predicted octanol–water partition coefficient (Wildman–Crippen LogP) is 5.49. The largest absolute Gasteiger partial charge is 0.325 e. The molecular formula is C23H26N2O. The summed E-state index contributed by atoms with van der Waals surface area (Å²) in [4.78, 5) is 16.6. The van der Waals surface area contributed by atoms with Crippen molar-refractivity contribution in [1.29, 1.82) is 0 Å². The van der Waals surface area contributed by atoms with Crippen LogP contribution >= 0.6 is 0 Å². The number of hydrogen-bond acceptors (Lipinski definition) is 2. The molecular weight excluding hydrogens is 320 g/mol. The van der Waals surface area contributed by atoms with Gasteiger partial charge in [0.1, 0.15) is 0 Å². The van der Waals surface area contributed by atoms with Crippen LogP contribution in [0.3, 0.4) is 0 Å². The zero-order chi connectivity index (χ0) is 18.6. The Morgan fingerprint density at radius 1 is 1.08 bits per heavy atom. The Bertz CT molecular complexity index is 897. The highest BCUT2D eigenvalue weighted by molar-refractivity contribution is 5.93. The normalized spacial score (nSPS) is 11.5. The fourth-order valence-electron chi connectivity index (χ4n) is 2.95. The lowest BCUT2D eigenvalue weighted by Gasteiger charge is -2.23. The van der Waals surface area contributed by atoms with E-state index in [0.29, 0.717) is 6.42 Å². The highest BCUT2D eigenvalue weighted by Crippen LogP contribution is 2.26. The lowest BCUT2D eigenvalue weighted by molar-refractivity contribution is -0.116. The third kappa shape index (κ3) is 4.29. The molecule has 2 aromatic carbocycles. The van der Waals surface area contributed by atoms with Gasteiger partial charge in [-0.15, -0.1) is 0 Å². The van der Waals surface area contributed by atoms with Crippen molar-refractivity contribution >= 4 is 22.5 Å². The summed E-state index contributed by atoms with van der Waals surface area (Å²) in [5, 5.41) is 3.97. The van der Waals surface area contributed by atoms with Crippen molar-refractivity contribution in [3.8, 4) is 0 Å². The van der Waals surface area contributed by atoms with E-state index >= 15 is 0 Å². The van der Waals surface area contributed by atoms with Crippen molar-refractivity contribution in [3.63, 3.8) is 0 Å². The second-order valence-electron chi connectivity index (χ2n) is 7.40. The number of aromatic nitrogens is 1. The summed E-state index contributed by atoms with van der Waals surface area (Å²) in [6, 6.07) is 18.5. The highest BCUT2D eigenvalue weighted by atomic mass is 16.1. The quantitative estimate of drug-likeness (QED) is 0.641. The number of aryl methyl sites for hydroxylation is 1. The standard InChI is InChI=1S/C23H26N2O/c1-4-23(2,3)19-12-9-17(10-13-19)11-14-22(26)25-20-15-18-7-5-6-8-21(18)24-16-20/h5-10,12-13,15-16H,4,11,14H2,1-3H3,(H,25,26). The Hall–Kier alpha value is -2.68. The summed E-state index contributed by atoms with van der Waals surface area (Å²) < 4.78 is 0. The molecule has 0 fully saturated rings. The molecule has 0 atom stereocenters. The van der Waals surface area contributed by atoms with Gasteiger partial charge in [-0.2, -0.15) is 0 Å². The first-order chi connectivity index (χ1) is 12.5. The van der Waals surface area contributed by atoms with Crippen LogP contribution in [0, 0.1) is 0 Å². The number of pyridine rings is 1. The molecule has 1 heterocycles. The molecule has 0 saturated carbocycles. The van der Waals surface area contributed by atoms with Crippen LogP contribution in [0.1, 0.15) is 44.7 Å². The number of carbonyl (C=O) groups excluding carboxylic acids is 1. The highest BCUT2D eigenvalue weighted by Gasteiger charge is 2.17. The number of hydrogen-bond donors (Lipinski definition) is 1. The topological polar surface area (TPSA) is 42.0 Å². The third-order valence-electron chi connectivity index (χ3n) is 5.13. The molecule has 3 aromatic rings. The molecule has 0 saturated heterocycles. The SMILES string of the molecule is CCC(C)(C)c1ccc(CCC(=O)Nc2cnc3ccccc3c2)cc1. The maximum Gasteiger partial charge on any atom is 0.224 e. The summed E-state index contributed by atoms with van der Waals surface area (Å²) in [6.07, 6.45) is 4.01. The molecule has 3 heteroatoms. The average Bonchev–Trinajstić information content (AvgIpc) is 2.66. The zero-order valence-corrected chi connectivity index (χ0v) is 15.8. The Kier molecular flexibility index (Phi) is 5.36. The maximum absolute atomic E-state index is 12.3. The monoisotopic (exact) mass is 346 g/mol. The maximum atomic E-state index is 12.3. The lowest BCUT2D eigenvalue weighted by atomic mass is 9.82. The van der Waals surface area contributed by atoms with E-state index in [1.807, 2.05) is 30.3 Å². The molecule has 0 unspecified atom stereocenters. The van der Waals surface area contributed by atoms with Gasteiger partial charge >= 0.3 is 0 Å². The van der Waals surface area contributed by atoms with Crippen molar-refractivity contribution in [2.45, 2.75) is 45.4 Å². The van der Waals surface area contributed by atoms with Crippen molar-refractivity contribution in [3.05, 3.63) is 71.9 Å². The summed E-state index contributed by atoms with van der Waals surface area (Å²) in [5.74, 6) is 0.0139. The van der Waals surface area contributed by atoms with E-state index < -0.39 is 0 Å². The number of nitrogens with zero attached hydrogens (tertiary/aromatic N) is 1. The van der Waals surface area contributed by atoms with E-state index in [9.17, 15) is 4.79 Å². The minimum absolute atomic E-state index is 0.0139. The van der Waals surface area contributed by atoms with Crippen molar-refractivity contribution in [2.75, 3.05) is 5.32 Å². The van der Waals surface area contributed by atoms with Gasteiger partial charge in [-0.3, -0.25) is 9.78 Å². The number of rotatable bonds is 6. The molecule has 0 bridgehead atoms. The molecule has 0 spiro atoms. The second kappa shape index (κ2) is 7.69. The molecule has 0 aliphatic rings. The predicted molar refractivity (Wildman–Crippen MR) is 108 cm³/mol. The van der Waals surface area contributed by atoms with E-state index in [4.69, 9.17) is 0 Å². The minimum atomic E-state index is 0.0139. The fraction of sp³-hybridized carbons (Fsp3) is 0.304. The van der Waals surface area contributed by atoms with Crippen LogP contribution in [0.25, 0.3) is 10.9 Å². The minimum Gasteiger partial charge on any atom is -0.325 e. The number of para-hydroxylation sites is 1.